The molecule has 0 aliphatic heterocycles. The Balaban J connectivity index is -0.000000203. The van der Waals surface area contributed by atoms with Crippen molar-refractivity contribution in [1.29, 1.82) is 0 Å². The van der Waals surface area contributed by atoms with Crippen molar-refractivity contribution in [2.45, 2.75) is 141 Å². The number of methoxy groups -OCH3 is 3. The average Bonchev–Trinajstić information content (AvgIpc) is 3.44. The minimum absolute atomic E-state index is 0.144. The molecule has 0 bridgehead atoms. The molecule has 0 aliphatic rings. The first kappa shape index (κ1) is 89.5. The van der Waals surface area contributed by atoms with Gasteiger partial charge in [0, 0.05) is 61.4 Å². The molecule has 0 amide bonds. The van der Waals surface area contributed by atoms with E-state index in [1.54, 1.807) is 11.8 Å². The van der Waals surface area contributed by atoms with Crippen LogP contribution in [0.1, 0.15) is 104 Å². The SMILES string of the molecule is CNC(C)CC(C)N(C)C.CNC(C)CC(C)N(C)C.CNCC(C)NC.CNCC(c1ccccc1)N(C)C.CNCCC(C)N(C)C.COC(=O)C(C)N(C)C.COC(=O)C(c1ccccc1)N(C)C.COC(=O)CC(C)N(C)C. The van der Waals surface area contributed by atoms with Gasteiger partial charge in [-0.2, -0.15) is 0 Å². The average molecular weight is 1170 g/mol. The molecule has 19 heteroatoms. The molecule has 82 heavy (non-hydrogen) atoms. The Morgan fingerprint density at radius 3 is 1.05 bits per heavy atom. The van der Waals surface area contributed by atoms with Crippen molar-refractivity contribution in [3.05, 3.63) is 71.8 Å². The van der Waals surface area contributed by atoms with Crippen molar-refractivity contribution >= 4 is 17.9 Å². The van der Waals surface area contributed by atoms with Crippen LogP contribution in [0.4, 0.5) is 0 Å². The minimum Gasteiger partial charge on any atom is -0.469 e. The monoisotopic (exact) mass is 1170 g/mol. The van der Waals surface area contributed by atoms with Gasteiger partial charge in [-0.05, 0) is 233 Å². The van der Waals surface area contributed by atoms with Gasteiger partial charge in [-0.3, -0.25) is 19.4 Å². The topological polar surface area (TPSA) is 174 Å². The molecule has 2 rings (SSSR count). The zero-order chi connectivity index (χ0) is 65.1. The maximum Gasteiger partial charge on any atom is 0.327 e. The summed E-state index contributed by atoms with van der Waals surface area (Å²) in [6.45, 7) is 20.2. The summed E-state index contributed by atoms with van der Waals surface area (Å²) >= 11 is 0. The van der Waals surface area contributed by atoms with Crippen LogP contribution in [0.25, 0.3) is 0 Å². The maximum atomic E-state index is 11.5. The van der Waals surface area contributed by atoms with Crippen LogP contribution in [0.3, 0.4) is 0 Å². The largest absolute Gasteiger partial charge is 0.469 e. The van der Waals surface area contributed by atoms with Gasteiger partial charge < -0.3 is 70.6 Å². The van der Waals surface area contributed by atoms with E-state index >= 15 is 0 Å². The van der Waals surface area contributed by atoms with E-state index in [0.29, 0.717) is 48.7 Å². The second kappa shape index (κ2) is 57.7. The molecule has 0 heterocycles. The number of nitrogens with zero attached hydrogens (tertiary/aromatic N) is 7. The van der Waals surface area contributed by atoms with Gasteiger partial charge in [0.15, 0.2) is 0 Å². The third-order valence-corrected chi connectivity index (χ3v) is 14.0. The second-order valence-corrected chi connectivity index (χ2v) is 22.4. The highest BCUT2D eigenvalue weighted by Crippen LogP contribution is 2.19. The first-order chi connectivity index (χ1) is 38.2. The summed E-state index contributed by atoms with van der Waals surface area (Å²) in [5.74, 6) is -0.581. The molecule has 2 aromatic carbocycles. The molecule has 0 spiro atoms. The lowest BCUT2D eigenvalue weighted by molar-refractivity contribution is -0.146. The van der Waals surface area contributed by atoms with Crippen LogP contribution in [0.2, 0.25) is 0 Å². The predicted octanol–water partition coefficient (Wildman–Crippen LogP) is 5.81. The van der Waals surface area contributed by atoms with Crippen LogP contribution in [0.15, 0.2) is 60.7 Å². The van der Waals surface area contributed by atoms with Gasteiger partial charge in [-0.1, -0.05) is 60.7 Å². The molecular formula is C63H133N13O6. The Labute approximate surface area is 506 Å². The number of ether oxygens (including phenoxy) is 3. The molecule has 10 atom stereocenters. The summed E-state index contributed by atoms with van der Waals surface area (Å²) in [5, 5.41) is 18.9. The molecule has 0 aliphatic carbocycles. The summed E-state index contributed by atoms with van der Waals surface area (Å²) < 4.78 is 13.7. The van der Waals surface area contributed by atoms with E-state index in [-0.39, 0.29) is 36.0 Å². The molecule has 0 fully saturated rings. The van der Waals surface area contributed by atoms with Crippen molar-refractivity contribution in [2.75, 3.05) is 182 Å². The predicted molar refractivity (Wildman–Crippen MR) is 353 cm³/mol. The summed E-state index contributed by atoms with van der Waals surface area (Å²) in [4.78, 5) is 47.4. The number of carbonyl (C=O) groups excluding carboxylic acids is 3. The quantitative estimate of drug-likeness (QED) is 0.0467. The van der Waals surface area contributed by atoms with Gasteiger partial charge >= 0.3 is 17.9 Å². The molecule has 0 saturated carbocycles. The van der Waals surface area contributed by atoms with E-state index in [9.17, 15) is 14.4 Å². The molecule has 6 N–H and O–H groups in total. The summed E-state index contributed by atoms with van der Waals surface area (Å²) in [7, 11) is 44.3. The summed E-state index contributed by atoms with van der Waals surface area (Å²) in [6.07, 6.45) is 4.11. The third-order valence-electron chi connectivity index (χ3n) is 14.0. The van der Waals surface area contributed by atoms with E-state index in [1.807, 2.05) is 132 Å². The first-order valence-electron chi connectivity index (χ1n) is 29.2. The number of rotatable bonds is 27. The van der Waals surface area contributed by atoms with E-state index in [0.717, 1.165) is 25.2 Å². The zero-order valence-electron chi connectivity index (χ0n) is 58.6. The van der Waals surface area contributed by atoms with Crippen molar-refractivity contribution in [3.63, 3.8) is 0 Å². The summed E-state index contributed by atoms with van der Waals surface area (Å²) in [6, 6.07) is 24.3. The number of hydrogen-bond acceptors (Lipinski definition) is 19. The molecule has 0 saturated heterocycles. The molecule has 2 aromatic rings. The Hall–Kier alpha value is -3.67. The molecule has 19 nitrogen and oxygen atoms in total. The van der Waals surface area contributed by atoms with E-state index in [1.165, 1.54) is 46.2 Å². The molecule has 0 aromatic heterocycles. The number of esters is 3. The Kier molecular flexibility index (Phi) is 63.1. The van der Waals surface area contributed by atoms with Gasteiger partial charge in [-0.25, -0.2) is 4.79 Å². The molecule has 10 unspecified atom stereocenters. The first-order valence-corrected chi connectivity index (χ1v) is 29.2. The van der Waals surface area contributed by atoms with Crippen LogP contribution >= 0.6 is 0 Å². The fourth-order valence-corrected chi connectivity index (χ4v) is 6.45. The van der Waals surface area contributed by atoms with Crippen molar-refractivity contribution in [1.82, 2.24) is 66.2 Å². The minimum atomic E-state index is -0.318. The fourth-order valence-electron chi connectivity index (χ4n) is 6.45. The summed E-state index contributed by atoms with van der Waals surface area (Å²) in [5.41, 5.74) is 2.31. The Morgan fingerprint density at radius 2 is 0.793 bits per heavy atom. The van der Waals surface area contributed by atoms with Crippen LogP contribution < -0.4 is 31.9 Å². The lowest BCUT2D eigenvalue weighted by atomic mass is 10.1. The Bertz CT molecular complexity index is 1680. The van der Waals surface area contributed by atoms with Crippen LogP contribution in [-0.2, 0) is 28.6 Å². The number of hydrogen-bond donors (Lipinski definition) is 6. The number of carbonyl (C=O) groups is 3. The maximum absolute atomic E-state index is 11.5. The van der Waals surface area contributed by atoms with Crippen molar-refractivity contribution < 1.29 is 28.6 Å². The van der Waals surface area contributed by atoms with E-state index in [4.69, 9.17) is 4.74 Å². The molecular weight excluding hydrogens is 1030 g/mol. The van der Waals surface area contributed by atoms with Gasteiger partial charge in [0.1, 0.15) is 12.1 Å². The standard InChI is InChI=1S/C11H18N2.C11H15NO2.2C8H20N2.C7H18N2.C7H15NO2.C6H13NO2.C5H14N2/c1-12-9-11(13(2)3)10-7-5-4-6-8-10;1-12(2)10(11(13)14-3)9-7-5-4-6-8-9;2*1-7(9-3)6-8(2)10(4)5;1-7(9(3)4)5-6-8-2;1-6(8(2)3)5-7(9)10-4;1-5(7(2)3)6(8)9-4;1-5(7-3)4-6-2/h4-8,11-12H,9H2,1-3H3;4-8,10H,1-3H3;2*7-9H,6H2,1-5H3;7-8H,5-6H2,1-4H3;6H,5H2,1-4H3;5H,1-4H3;5-7H,4H2,1-3H3. The van der Waals surface area contributed by atoms with Gasteiger partial charge in [0.05, 0.1) is 27.8 Å². The highest BCUT2D eigenvalue weighted by atomic mass is 16.5. The molecule has 486 valence electrons. The molecule has 0 radical (unpaired) electrons. The van der Waals surface area contributed by atoms with Crippen LogP contribution in [0, 0.1) is 0 Å². The smallest absolute Gasteiger partial charge is 0.327 e. The third kappa shape index (κ3) is 53.1. The number of benzene rings is 2. The van der Waals surface area contributed by atoms with Gasteiger partial charge in [0.25, 0.3) is 0 Å². The van der Waals surface area contributed by atoms with E-state index < -0.39 is 0 Å². The lowest BCUT2D eigenvalue weighted by Crippen LogP contribution is -2.33. The Morgan fingerprint density at radius 1 is 0.415 bits per heavy atom. The number of nitrogens with one attached hydrogen (secondary N) is 6. The highest BCUT2D eigenvalue weighted by molar-refractivity contribution is 5.77. The second-order valence-electron chi connectivity index (χ2n) is 22.4. The fraction of sp³-hybridized carbons (Fsp3) is 0.762. The van der Waals surface area contributed by atoms with E-state index in [2.05, 4.69) is 189 Å². The highest BCUT2D eigenvalue weighted by Gasteiger charge is 2.23. The van der Waals surface area contributed by atoms with Gasteiger partial charge in [0.2, 0.25) is 0 Å². The van der Waals surface area contributed by atoms with Crippen molar-refractivity contribution in [2.24, 2.45) is 0 Å². The van der Waals surface area contributed by atoms with Crippen LogP contribution in [0.5, 0.6) is 0 Å². The van der Waals surface area contributed by atoms with Crippen LogP contribution in [-0.4, -0.2) is 282 Å². The number of likely N-dealkylation sites (N-methyl/N-ethyl adjacent to an activating group) is 6. The normalized spacial score (nSPS) is 14.4. The van der Waals surface area contributed by atoms with Crippen molar-refractivity contribution in [3.8, 4) is 0 Å². The zero-order valence-corrected chi connectivity index (χ0v) is 58.6. The van der Waals surface area contributed by atoms with Gasteiger partial charge in [-0.15, -0.1) is 0 Å². The lowest BCUT2D eigenvalue weighted by Gasteiger charge is -2.24.